The SMILES string of the molecule is C[C@H](N)C(=O)CC1=CCCC1. The molecule has 1 atom stereocenters. The van der Waals surface area contributed by atoms with Crippen LogP contribution in [0.5, 0.6) is 0 Å². The molecule has 62 valence electrons. The van der Waals surface area contributed by atoms with Gasteiger partial charge in [0.15, 0.2) is 5.78 Å². The number of carbonyl (C=O) groups is 1. The van der Waals surface area contributed by atoms with Crippen molar-refractivity contribution in [1.29, 1.82) is 0 Å². The van der Waals surface area contributed by atoms with Crippen molar-refractivity contribution in [2.75, 3.05) is 0 Å². The van der Waals surface area contributed by atoms with Gasteiger partial charge in [0, 0.05) is 6.42 Å². The molecule has 2 nitrogen and oxygen atoms in total. The van der Waals surface area contributed by atoms with E-state index in [4.69, 9.17) is 5.73 Å². The molecule has 0 saturated heterocycles. The van der Waals surface area contributed by atoms with Crippen molar-refractivity contribution in [3.05, 3.63) is 11.6 Å². The molecule has 0 heterocycles. The van der Waals surface area contributed by atoms with Crippen LogP contribution in [0.15, 0.2) is 11.6 Å². The van der Waals surface area contributed by atoms with Crippen molar-refractivity contribution in [2.45, 2.75) is 38.6 Å². The molecule has 0 aromatic heterocycles. The minimum atomic E-state index is -0.295. The van der Waals surface area contributed by atoms with Gasteiger partial charge in [0.25, 0.3) is 0 Å². The summed E-state index contributed by atoms with van der Waals surface area (Å²) in [5, 5.41) is 0. The summed E-state index contributed by atoms with van der Waals surface area (Å²) in [6, 6.07) is -0.295. The quantitative estimate of drug-likeness (QED) is 0.623. The fraction of sp³-hybridized carbons (Fsp3) is 0.667. The molecule has 0 spiro atoms. The molecule has 0 aromatic rings. The van der Waals surface area contributed by atoms with Crippen LogP contribution in [0.4, 0.5) is 0 Å². The Bertz CT molecular complexity index is 182. The number of ketones is 1. The van der Waals surface area contributed by atoms with Gasteiger partial charge in [-0.15, -0.1) is 0 Å². The Kier molecular flexibility index (Phi) is 2.83. The van der Waals surface area contributed by atoms with E-state index in [1.165, 1.54) is 12.0 Å². The van der Waals surface area contributed by atoms with Crippen LogP contribution in [0.1, 0.15) is 32.6 Å². The van der Waals surface area contributed by atoms with E-state index < -0.39 is 0 Å². The topological polar surface area (TPSA) is 43.1 Å². The smallest absolute Gasteiger partial charge is 0.153 e. The van der Waals surface area contributed by atoms with Crippen LogP contribution in [0, 0.1) is 0 Å². The van der Waals surface area contributed by atoms with Crippen LogP contribution >= 0.6 is 0 Å². The average Bonchev–Trinajstić information content (AvgIpc) is 2.39. The summed E-state index contributed by atoms with van der Waals surface area (Å²) < 4.78 is 0. The standard InChI is InChI=1S/C9H15NO/c1-7(10)9(11)6-8-4-2-3-5-8/h4,7H,2-3,5-6,10H2,1H3/t7-/m0/s1. The second-order valence-electron chi connectivity index (χ2n) is 3.19. The number of nitrogens with two attached hydrogens (primary N) is 1. The highest BCUT2D eigenvalue weighted by atomic mass is 16.1. The molecule has 11 heavy (non-hydrogen) atoms. The van der Waals surface area contributed by atoms with Crippen molar-refractivity contribution < 1.29 is 4.79 Å². The largest absolute Gasteiger partial charge is 0.322 e. The van der Waals surface area contributed by atoms with Gasteiger partial charge in [-0.2, -0.15) is 0 Å². The Morgan fingerprint density at radius 3 is 3.00 bits per heavy atom. The predicted octanol–water partition coefficient (Wildman–Crippen LogP) is 1.40. The highest BCUT2D eigenvalue weighted by molar-refractivity contribution is 5.85. The summed E-state index contributed by atoms with van der Waals surface area (Å²) in [7, 11) is 0. The minimum absolute atomic E-state index is 0.165. The molecule has 1 aliphatic carbocycles. The first-order chi connectivity index (χ1) is 5.20. The molecule has 0 bridgehead atoms. The van der Waals surface area contributed by atoms with E-state index in [9.17, 15) is 4.79 Å². The monoisotopic (exact) mass is 153 g/mol. The number of allylic oxidation sites excluding steroid dienone is 2. The molecule has 0 aliphatic heterocycles. The fourth-order valence-electron chi connectivity index (χ4n) is 1.28. The molecular weight excluding hydrogens is 138 g/mol. The first-order valence-corrected chi connectivity index (χ1v) is 4.16. The molecule has 2 heteroatoms. The third-order valence-corrected chi connectivity index (χ3v) is 2.04. The molecule has 2 N–H and O–H groups in total. The molecule has 0 fully saturated rings. The maximum atomic E-state index is 11.1. The van der Waals surface area contributed by atoms with Gasteiger partial charge >= 0.3 is 0 Å². The predicted molar refractivity (Wildman–Crippen MR) is 45.2 cm³/mol. The summed E-state index contributed by atoms with van der Waals surface area (Å²) in [5.74, 6) is 0.165. The van der Waals surface area contributed by atoms with Crippen molar-refractivity contribution in [2.24, 2.45) is 5.73 Å². The van der Waals surface area contributed by atoms with E-state index in [-0.39, 0.29) is 11.8 Å². The second-order valence-corrected chi connectivity index (χ2v) is 3.19. The van der Waals surface area contributed by atoms with Gasteiger partial charge in [-0.1, -0.05) is 11.6 Å². The summed E-state index contributed by atoms with van der Waals surface area (Å²) in [4.78, 5) is 11.1. The summed E-state index contributed by atoms with van der Waals surface area (Å²) in [6.07, 6.45) is 6.19. The normalized spacial score (nSPS) is 19.6. The molecule has 0 amide bonds. The summed E-state index contributed by atoms with van der Waals surface area (Å²) in [5.41, 5.74) is 6.72. The molecule has 0 radical (unpaired) electrons. The van der Waals surface area contributed by atoms with Gasteiger partial charge in [0.05, 0.1) is 6.04 Å². The number of hydrogen-bond acceptors (Lipinski definition) is 2. The van der Waals surface area contributed by atoms with Crippen LogP contribution in [0.25, 0.3) is 0 Å². The number of hydrogen-bond donors (Lipinski definition) is 1. The van der Waals surface area contributed by atoms with Crippen LogP contribution in [-0.2, 0) is 4.79 Å². The molecule has 1 aliphatic rings. The zero-order valence-electron chi connectivity index (χ0n) is 6.97. The fourth-order valence-corrected chi connectivity index (χ4v) is 1.28. The molecular formula is C9H15NO. The number of carbonyl (C=O) groups excluding carboxylic acids is 1. The highest BCUT2D eigenvalue weighted by Gasteiger charge is 2.12. The van der Waals surface area contributed by atoms with Crippen molar-refractivity contribution in [3.63, 3.8) is 0 Å². The van der Waals surface area contributed by atoms with Gasteiger partial charge in [0.1, 0.15) is 0 Å². The van der Waals surface area contributed by atoms with Gasteiger partial charge < -0.3 is 5.73 Å². The first-order valence-electron chi connectivity index (χ1n) is 4.16. The van der Waals surface area contributed by atoms with E-state index in [0.717, 1.165) is 12.8 Å². The van der Waals surface area contributed by atoms with Gasteiger partial charge in [0.2, 0.25) is 0 Å². The number of Topliss-reactive ketones (excluding diaryl/α,β-unsaturated/α-hetero) is 1. The molecule has 0 aromatic carbocycles. The zero-order chi connectivity index (χ0) is 8.27. The lowest BCUT2D eigenvalue weighted by Gasteiger charge is -2.03. The maximum absolute atomic E-state index is 11.1. The van der Waals surface area contributed by atoms with E-state index >= 15 is 0 Å². The Morgan fingerprint density at radius 1 is 1.82 bits per heavy atom. The van der Waals surface area contributed by atoms with Crippen LogP contribution in [-0.4, -0.2) is 11.8 Å². The van der Waals surface area contributed by atoms with Gasteiger partial charge in [-0.3, -0.25) is 4.79 Å². The van der Waals surface area contributed by atoms with Crippen molar-refractivity contribution in [3.8, 4) is 0 Å². The summed E-state index contributed by atoms with van der Waals surface area (Å²) >= 11 is 0. The van der Waals surface area contributed by atoms with Crippen LogP contribution in [0.2, 0.25) is 0 Å². The van der Waals surface area contributed by atoms with E-state index in [2.05, 4.69) is 6.08 Å². The average molecular weight is 153 g/mol. The zero-order valence-corrected chi connectivity index (χ0v) is 6.97. The van der Waals surface area contributed by atoms with Crippen molar-refractivity contribution >= 4 is 5.78 Å². The third-order valence-electron chi connectivity index (χ3n) is 2.04. The maximum Gasteiger partial charge on any atom is 0.153 e. The first kappa shape index (κ1) is 8.47. The van der Waals surface area contributed by atoms with E-state index in [1.807, 2.05) is 0 Å². The van der Waals surface area contributed by atoms with E-state index in [1.54, 1.807) is 6.92 Å². The lowest BCUT2D eigenvalue weighted by molar-refractivity contribution is -0.119. The molecule has 0 saturated carbocycles. The van der Waals surface area contributed by atoms with Gasteiger partial charge in [-0.25, -0.2) is 0 Å². The molecule has 1 rings (SSSR count). The second kappa shape index (κ2) is 3.67. The van der Waals surface area contributed by atoms with E-state index in [0.29, 0.717) is 6.42 Å². The highest BCUT2D eigenvalue weighted by Crippen LogP contribution is 2.20. The number of rotatable bonds is 3. The Labute approximate surface area is 67.5 Å². The summed E-state index contributed by atoms with van der Waals surface area (Å²) in [6.45, 7) is 1.75. The minimum Gasteiger partial charge on any atom is -0.322 e. The third kappa shape index (κ3) is 2.46. The van der Waals surface area contributed by atoms with Gasteiger partial charge in [-0.05, 0) is 26.2 Å². The van der Waals surface area contributed by atoms with Crippen LogP contribution < -0.4 is 5.73 Å². The van der Waals surface area contributed by atoms with Crippen LogP contribution in [0.3, 0.4) is 0 Å². The van der Waals surface area contributed by atoms with Crippen molar-refractivity contribution in [1.82, 2.24) is 0 Å². The molecule has 0 unspecified atom stereocenters. The Hall–Kier alpha value is -0.630. The Balaban J connectivity index is 2.35. The Morgan fingerprint density at radius 2 is 2.55 bits per heavy atom. The lowest BCUT2D eigenvalue weighted by atomic mass is 10.1. The lowest BCUT2D eigenvalue weighted by Crippen LogP contribution is -2.26.